The monoisotopic (exact) mass is 295 g/mol. The maximum absolute atomic E-state index is 8.21. The third kappa shape index (κ3) is 2.05. The number of hydrogen-bond donors (Lipinski definition) is 0. The molecule has 3 aromatic carbocycles. The van der Waals surface area contributed by atoms with Crippen LogP contribution in [0.1, 0.15) is 6.85 Å². The Bertz CT molecular complexity index is 1180. The summed E-state index contributed by atoms with van der Waals surface area (Å²) >= 11 is 6.11. The van der Waals surface area contributed by atoms with E-state index < -0.39 is 18.1 Å². The van der Waals surface area contributed by atoms with Crippen molar-refractivity contribution in [2.24, 2.45) is 0 Å². The lowest BCUT2D eigenvalue weighted by Crippen LogP contribution is -1.92. The molecule has 0 saturated heterocycles. The van der Waals surface area contributed by atoms with E-state index in [1.54, 1.807) is 6.07 Å². The van der Waals surface area contributed by atoms with Gasteiger partial charge in [-0.2, -0.15) is 0 Å². The van der Waals surface area contributed by atoms with E-state index in [0.29, 0.717) is 10.9 Å². The van der Waals surface area contributed by atoms with E-state index in [1.807, 2.05) is 30.3 Å². The molecule has 0 unspecified atom stereocenters. The van der Waals surface area contributed by atoms with Crippen LogP contribution in [0.3, 0.4) is 0 Å². The highest BCUT2D eigenvalue weighted by Gasteiger charge is 2.11. The van der Waals surface area contributed by atoms with E-state index in [2.05, 4.69) is 9.97 Å². The fourth-order valence-corrected chi connectivity index (χ4v) is 2.56. The Morgan fingerprint density at radius 1 is 0.857 bits per heavy atom. The van der Waals surface area contributed by atoms with Gasteiger partial charge in [0.25, 0.3) is 0 Å². The summed E-state index contributed by atoms with van der Waals surface area (Å²) in [6, 6.07) is 9.38. The number of fused-ring (bicyclic) bond motifs is 3. The molecule has 21 heavy (non-hydrogen) atoms. The van der Waals surface area contributed by atoms with Gasteiger partial charge in [0.2, 0.25) is 5.28 Å². The minimum absolute atomic E-state index is 0.0144. The van der Waals surface area contributed by atoms with Crippen LogP contribution in [-0.4, -0.2) is 9.97 Å². The second kappa shape index (κ2) is 4.83. The molecule has 0 radical (unpaired) electrons. The fraction of sp³-hybridized carbons (Fsp3) is 0. The predicted molar refractivity (Wildman–Crippen MR) is 87.5 cm³/mol. The molecule has 4 rings (SSSR count). The summed E-state index contributed by atoms with van der Waals surface area (Å²) in [4.78, 5) is 8.51. The van der Waals surface area contributed by atoms with E-state index in [9.17, 15) is 0 Å². The normalized spacial score (nSPS) is 14.4. The first kappa shape index (κ1) is 8.11. The van der Waals surface area contributed by atoms with Crippen molar-refractivity contribution < 1.29 is 6.85 Å². The molecule has 0 atom stereocenters. The van der Waals surface area contributed by atoms with Gasteiger partial charge >= 0.3 is 0 Å². The Morgan fingerprint density at radius 2 is 1.67 bits per heavy atom. The summed E-state index contributed by atoms with van der Waals surface area (Å²) in [5.74, 6) is 0. The molecule has 4 aromatic rings. The third-order valence-corrected chi connectivity index (χ3v) is 3.47. The Hall–Kier alpha value is -2.45. The summed E-state index contributed by atoms with van der Waals surface area (Å²) in [5.41, 5.74) is 0.813. The molecule has 0 amide bonds. The quantitative estimate of drug-likeness (QED) is 0.360. The minimum Gasteiger partial charge on any atom is -0.217 e. The van der Waals surface area contributed by atoms with Crippen LogP contribution in [-0.2, 0) is 0 Å². The molecular formula is C18H11ClN2. The van der Waals surface area contributed by atoms with Crippen LogP contribution in [0.2, 0.25) is 5.28 Å². The molecule has 1 heterocycles. The number of nitrogens with zero attached hydrogens (tertiary/aromatic N) is 2. The van der Waals surface area contributed by atoms with Crippen molar-refractivity contribution in [3.05, 3.63) is 71.9 Å². The Kier molecular flexibility index (Phi) is 1.86. The van der Waals surface area contributed by atoms with Crippen molar-refractivity contribution >= 4 is 33.3 Å². The second-order valence-electron chi connectivity index (χ2n) is 4.52. The van der Waals surface area contributed by atoms with Crippen molar-refractivity contribution in [2.45, 2.75) is 0 Å². The van der Waals surface area contributed by atoms with E-state index in [4.69, 9.17) is 18.5 Å². The fourth-order valence-electron chi connectivity index (χ4n) is 2.40. The first-order valence-corrected chi connectivity index (χ1v) is 6.70. The molecule has 0 N–H and O–H groups in total. The summed E-state index contributed by atoms with van der Waals surface area (Å²) in [6.45, 7) is 0. The second-order valence-corrected chi connectivity index (χ2v) is 4.86. The molecule has 0 aliphatic rings. The van der Waals surface area contributed by atoms with Gasteiger partial charge in [0, 0.05) is 16.3 Å². The molecule has 1 aromatic heterocycles. The van der Waals surface area contributed by atoms with Gasteiger partial charge in [-0.15, -0.1) is 0 Å². The van der Waals surface area contributed by atoms with Crippen molar-refractivity contribution in [3.63, 3.8) is 0 Å². The lowest BCUT2D eigenvalue weighted by Gasteiger charge is -2.08. The molecule has 3 heteroatoms. The molecule has 0 saturated carbocycles. The summed E-state index contributed by atoms with van der Waals surface area (Å²) in [7, 11) is 0. The van der Waals surface area contributed by atoms with Gasteiger partial charge in [-0.25, -0.2) is 9.97 Å². The molecule has 0 spiro atoms. The van der Waals surface area contributed by atoms with E-state index in [-0.39, 0.29) is 28.6 Å². The average molecular weight is 296 g/mol. The summed E-state index contributed by atoms with van der Waals surface area (Å²) in [5, 5.41) is 2.34. The van der Waals surface area contributed by atoms with Crippen molar-refractivity contribution in [3.8, 4) is 11.3 Å². The minimum atomic E-state index is -0.446. The van der Waals surface area contributed by atoms with Gasteiger partial charge in [0.05, 0.1) is 18.1 Å². The maximum Gasteiger partial charge on any atom is 0.223 e. The maximum atomic E-state index is 8.21. The molecule has 2 nitrogen and oxygen atoms in total. The number of rotatable bonds is 1. The zero-order valence-corrected chi connectivity index (χ0v) is 11.5. The highest BCUT2D eigenvalue weighted by Crippen LogP contribution is 2.31. The molecular weight excluding hydrogens is 280 g/mol. The highest BCUT2D eigenvalue weighted by molar-refractivity contribution is 6.29. The zero-order valence-electron chi connectivity index (χ0n) is 15.7. The first-order valence-electron chi connectivity index (χ1n) is 8.82. The molecule has 0 aliphatic carbocycles. The van der Waals surface area contributed by atoms with Gasteiger partial charge in [0.15, 0.2) is 0 Å². The Morgan fingerprint density at radius 3 is 2.52 bits per heavy atom. The van der Waals surface area contributed by atoms with E-state index >= 15 is 0 Å². The number of benzene rings is 3. The predicted octanol–water partition coefficient (Wildman–Crippen LogP) is 5.10. The number of aromatic nitrogens is 2. The van der Waals surface area contributed by atoms with Gasteiger partial charge < -0.3 is 0 Å². The highest BCUT2D eigenvalue weighted by atomic mass is 35.5. The lowest BCUT2D eigenvalue weighted by atomic mass is 10.0. The SMILES string of the molecule is [2H]c1c([2H])c([2H])c(-c2nc(Cl)nc3c2ccc2ccccc23)c([2H])c1[2H]. The van der Waals surface area contributed by atoms with Gasteiger partial charge in [-0.3, -0.25) is 0 Å². The van der Waals surface area contributed by atoms with Crippen LogP contribution in [0, 0.1) is 0 Å². The van der Waals surface area contributed by atoms with E-state index in [1.165, 1.54) is 0 Å². The van der Waals surface area contributed by atoms with Crippen LogP contribution < -0.4 is 0 Å². The first-order chi connectivity index (χ1) is 12.4. The molecule has 100 valence electrons. The van der Waals surface area contributed by atoms with Crippen LogP contribution in [0.4, 0.5) is 0 Å². The number of halogens is 1. The van der Waals surface area contributed by atoms with E-state index in [0.717, 1.165) is 10.8 Å². The Balaban J connectivity index is 2.19. The molecule has 0 fully saturated rings. The van der Waals surface area contributed by atoms with Crippen LogP contribution in [0.5, 0.6) is 0 Å². The van der Waals surface area contributed by atoms with Gasteiger partial charge in [-0.1, -0.05) is 60.5 Å². The smallest absolute Gasteiger partial charge is 0.217 e. The van der Waals surface area contributed by atoms with Gasteiger partial charge in [-0.05, 0) is 23.1 Å². The summed E-state index contributed by atoms with van der Waals surface area (Å²) in [6.07, 6.45) is 0. The number of hydrogen-bond acceptors (Lipinski definition) is 2. The Labute approximate surface area is 134 Å². The van der Waals surface area contributed by atoms with Crippen molar-refractivity contribution in [1.82, 2.24) is 9.97 Å². The topological polar surface area (TPSA) is 25.8 Å². The lowest BCUT2D eigenvalue weighted by molar-refractivity contribution is 1.23. The van der Waals surface area contributed by atoms with Crippen LogP contribution in [0.15, 0.2) is 66.6 Å². The standard InChI is InChI=1S/C18H11ClN2/c19-18-20-16(13-7-2-1-3-8-13)15-11-10-12-6-4-5-9-14(12)17(15)21-18/h1-11H/i1D,2D,3D,7D,8D. The van der Waals surface area contributed by atoms with Crippen molar-refractivity contribution in [1.29, 1.82) is 0 Å². The third-order valence-electron chi connectivity index (χ3n) is 3.30. The zero-order chi connectivity index (χ0) is 18.6. The van der Waals surface area contributed by atoms with Crippen LogP contribution >= 0.6 is 11.6 Å². The summed E-state index contributed by atoms with van der Waals surface area (Å²) < 4.78 is 40.0. The molecule has 0 bridgehead atoms. The molecule has 0 aliphatic heterocycles. The average Bonchev–Trinajstić information content (AvgIpc) is 2.64. The van der Waals surface area contributed by atoms with Crippen LogP contribution in [0.25, 0.3) is 32.9 Å². The largest absolute Gasteiger partial charge is 0.223 e. The van der Waals surface area contributed by atoms with Crippen molar-refractivity contribution in [2.75, 3.05) is 0 Å². The van der Waals surface area contributed by atoms with Gasteiger partial charge in [0.1, 0.15) is 0 Å².